The molecule has 0 N–H and O–H groups in total. The third-order valence-corrected chi connectivity index (χ3v) is 18.7. The van der Waals surface area contributed by atoms with Crippen molar-refractivity contribution in [2.45, 2.75) is 52.4 Å². The molecule has 0 saturated heterocycles. The van der Waals surface area contributed by atoms with Gasteiger partial charge in [0.15, 0.2) is 25.5 Å². The van der Waals surface area contributed by atoms with E-state index in [1.165, 1.54) is 42.6 Å². The van der Waals surface area contributed by atoms with Crippen LogP contribution < -0.4 is 20.7 Å². The van der Waals surface area contributed by atoms with Crippen LogP contribution in [-0.4, -0.2) is 27.6 Å². The van der Waals surface area contributed by atoms with Gasteiger partial charge in [0.25, 0.3) is 0 Å². The zero-order valence-corrected chi connectivity index (χ0v) is 41.7. The third kappa shape index (κ3) is 8.06. The van der Waals surface area contributed by atoms with Crippen molar-refractivity contribution in [2.75, 3.05) is 0 Å². The fourth-order valence-corrected chi connectivity index (χ4v) is 15.0. The molecule has 0 fully saturated rings. The van der Waals surface area contributed by atoms with Gasteiger partial charge >= 0.3 is 0 Å². The van der Waals surface area contributed by atoms with E-state index in [0.717, 1.165) is 44.5 Å². The van der Waals surface area contributed by atoms with Crippen molar-refractivity contribution < 1.29 is 0 Å². The second-order valence-electron chi connectivity index (χ2n) is 20.5. The highest BCUT2D eigenvalue weighted by Crippen LogP contribution is 2.41. The second-order valence-corrected chi connectivity index (χ2v) is 24.3. The molecular formula is C65H56N4Si. The average Bonchev–Trinajstić information content (AvgIpc) is 3.73. The summed E-state index contributed by atoms with van der Waals surface area (Å²) in [4.78, 5) is 16.0. The summed E-state index contributed by atoms with van der Waals surface area (Å²) in [6, 6.07) is 84.2. The first-order valence-electron chi connectivity index (χ1n) is 24.4. The summed E-state index contributed by atoms with van der Waals surface area (Å²) < 4.78 is 2.47. The second kappa shape index (κ2) is 17.8. The van der Waals surface area contributed by atoms with Crippen LogP contribution in [0.2, 0.25) is 0 Å². The summed E-state index contributed by atoms with van der Waals surface area (Å²) in [6.07, 6.45) is 0. The van der Waals surface area contributed by atoms with Crippen molar-refractivity contribution in [3.63, 3.8) is 0 Å². The first-order valence-corrected chi connectivity index (χ1v) is 26.4. The van der Waals surface area contributed by atoms with Gasteiger partial charge in [-0.2, -0.15) is 0 Å². The summed E-state index contributed by atoms with van der Waals surface area (Å²) in [5, 5.41) is 7.74. The van der Waals surface area contributed by atoms with E-state index < -0.39 is 8.07 Å². The molecule has 0 aliphatic carbocycles. The number of benzene rings is 9. The maximum absolute atomic E-state index is 5.43. The minimum absolute atomic E-state index is 0.0646. The molecule has 2 aromatic heterocycles. The molecule has 11 aromatic rings. The highest BCUT2D eigenvalue weighted by atomic mass is 28.3. The van der Waals surface area contributed by atoms with E-state index in [0.29, 0.717) is 17.5 Å². The SMILES string of the molecule is CC(C)(C)c1ccc2c3ccc(C(C)(C)C)cc3n(-c3ccc(-c4cccc([Si](c5ccccc5)(c5ccccc5)c5ccccc5)c4)cc3-c3nc(-c4ccccc4)nc(-c4ccccc4)n3)c2c1. The van der Waals surface area contributed by atoms with Crippen molar-refractivity contribution in [1.29, 1.82) is 0 Å². The third-order valence-electron chi connectivity index (χ3n) is 13.9. The summed E-state index contributed by atoms with van der Waals surface area (Å²) in [6.45, 7) is 13.7. The van der Waals surface area contributed by atoms with Crippen molar-refractivity contribution >= 4 is 50.6 Å². The van der Waals surface area contributed by atoms with Crippen LogP contribution in [0.1, 0.15) is 52.7 Å². The number of aromatic nitrogens is 4. The van der Waals surface area contributed by atoms with Crippen LogP contribution in [0.5, 0.6) is 0 Å². The maximum Gasteiger partial charge on any atom is 0.179 e. The standard InChI is InChI=1S/C65H56N4Si/c1-64(2,3)49-36-38-55-56-39-37-50(65(4,5)6)44-60(56)69(59(55)43-49)58-40-35-48(42-57(58)63-67-61(45-23-12-7-13-24-45)66-62(68-63)46-25-14-8-15-26-46)47-27-22-34-54(41-47)70(51-28-16-9-17-29-51,52-30-18-10-19-31-52)53-32-20-11-21-33-53/h7-44H,1-6H3. The smallest absolute Gasteiger partial charge is 0.179 e. The Balaban J connectivity index is 1.22. The molecule has 70 heavy (non-hydrogen) atoms. The molecule has 0 saturated carbocycles. The first-order chi connectivity index (χ1) is 34.0. The first kappa shape index (κ1) is 44.5. The zero-order chi connectivity index (χ0) is 48.0. The van der Waals surface area contributed by atoms with Gasteiger partial charge in [-0.3, -0.25) is 0 Å². The van der Waals surface area contributed by atoms with Gasteiger partial charge in [-0.25, -0.2) is 15.0 Å². The van der Waals surface area contributed by atoms with Gasteiger partial charge in [-0.05, 0) is 78.1 Å². The van der Waals surface area contributed by atoms with Gasteiger partial charge in [-0.15, -0.1) is 0 Å². The Morgan fingerprint density at radius 3 is 1.16 bits per heavy atom. The Morgan fingerprint density at radius 2 is 0.714 bits per heavy atom. The predicted molar refractivity (Wildman–Crippen MR) is 297 cm³/mol. The highest BCUT2D eigenvalue weighted by Gasteiger charge is 2.41. The molecule has 0 radical (unpaired) electrons. The van der Waals surface area contributed by atoms with Crippen LogP contribution in [0.15, 0.2) is 231 Å². The molecule has 0 unspecified atom stereocenters. The van der Waals surface area contributed by atoms with Gasteiger partial charge in [-0.1, -0.05) is 248 Å². The molecule has 0 atom stereocenters. The molecule has 0 amide bonds. The Kier molecular flexibility index (Phi) is 11.3. The van der Waals surface area contributed by atoms with Crippen molar-refractivity contribution in [2.24, 2.45) is 0 Å². The lowest BCUT2D eigenvalue weighted by atomic mass is 9.86. The fourth-order valence-electron chi connectivity index (χ4n) is 10.2. The minimum atomic E-state index is -2.83. The molecule has 340 valence electrons. The topological polar surface area (TPSA) is 43.6 Å². The average molecular weight is 921 g/mol. The summed E-state index contributed by atoms with van der Waals surface area (Å²) in [5.74, 6) is 1.86. The minimum Gasteiger partial charge on any atom is -0.308 e. The summed E-state index contributed by atoms with van der Waals surface area (Å²) >= 11 is 0. The molecule has 4 nitrogen and oxygen atoms in total. The summed E-state index contributed by atoms with van der Waals surface area (Å²) in [7, 11) is -2.83. The number of rotatable bonds is 9. The van der Waals surface area contributed by atoms with Gasteiger partial charge in [0.05, 0.1) is 16.7 Å². The number of fused-ring (bicyclic) bond motifs is 3. The maximum atomic E-state index is 5.43. The van der Waals surface area contributed by atoms with E-state index in [-0.39, 0.29) is 10.8 Å². The van der Waals surface area contributed by atoms with Gasteiger partial charge < -0.3 is 4.57 Å². The van der Waals surface area contributed by atoms with Crippen molar-refractivity contribution in [3.8, 4) is 51.0 Å². The lowest BCUT2D eigenvalue weighted by molar-refractivity contribution is 0.591. The Hall–Kier alpha value is -7.99. The number of nitrogens with zero attached hydrogens (tertiary/aromatic N) is 4. The van der Waals surface area contributed by atoms with Crippen LogP contribution in [0.4, 0.5) is 0 Å². The van der Waals surface area contributed by atoms with E-state index >= 15 is 0 Å². The monoisotopic (exact) mass is 920 g/mol. The molecule has 0 aliphatic heterocycles. The van der Waals surface area contributed by atoms with Crippen LogP contribution in [0.25, 0.3) is 72.8 Å². The Bertz CT molecular complexity index is 3420. The zero-order valence-electron chi connectivity index (χ0n) is 40.7. The van der Waals surface area contributed by atoms with Crippen LogP contribution >= 0.6 is 0 Å². The van der Waals surface area contributed by atoms with Gasteiger partial charge in [0, 0.05) is 27.5 Å². The van der Waals surface area contributed by atoms with Crippen molar-refractivity contribution in [3.05, 3.63) is 242 Å². The van der Waals surface area contributed by atoms with Crippen LogP contribution in [0.3, 0.4) is 0 Å². The Labute approximate surface area is 413 Å². The van der Waals surface area contributed by atoms with E-state index in [1.807, 2.05) is 36.4 Å². The van der Waals surface area contributed by atoms with E-state index in [2.05, 4.69) is 240 Å². The van der Waals surface area contributed by atoms with Crippen LogP contribution in [0, 0.1) is 0 Å². The lowest BCUT2D eigenvalue weighted by Gasteiger charge is -2.34. The van der Waals surface area contributed by atoms with Crippen molar-refractivity contribution in [1.82, 2.24) is 19.5 Å². The largest absolute Gasteiger partial charge is 0.308 e. The molecule has 0 bridgehead atoms. The van der Waals surface area contributed by atoms with Gasteiger partial charge in [0.1, 0.15) is 0 Å². The number of hydrogen-bond donors (Lipinski definition) is 0. The molecular weight excluding hydrogens is 865 g/mol. The molecule has 11 rings (SSSR count). The van der Waals surface area contributed by atoms with Gasteiger partial charge in [0.2, 0.25) is 0 Å². The molecule has 5 heteroatoms. The molecule has 9 aromatic carbocycles. The molecule has 2 heterocycles. The lowest BCUT2D eigenvalue weighted by Crippen LogP contribution is -2.74. The normalized spacial score (nSPS) is 12.1. The van der Waals surface area contributed by atoms with E-state index in [1.54, 1.807) is 0 Å². The fraction of sp³-hybridized carbons (Fsp3) is 0.123. The molecule has 0 spiro atoms. The summed E-state index contributed by atoms with van der Waals surface area (Å²) in [5.41, 5.74) is 10.7. The predicted octanol–water partition coefficient (Wildman–Crippen LogP) is 13.6. The Morgan fingerprint density at radius 1 is 0.329 bits per heavy atom. The molecule has 0 aliphatic rings. The number of hydrogen-bond acceptors (Lipinski definition) is 3. The van der Waals surface area contributed by atoms with E-state index in [4.69, 9.17) is 15.0 Å². The highest BCUT2D eigenvalue weighted by molar-refractivity contribution is 7.19. The van der Waals surface area contributed by atoms with Crippen LogP contribution in [-0.2, 0) is 10.8 Å². The quantitative estimate of drug-likeness (QED) is 0.107. The van der Waals surface area contributed by atoms with E-state index in [9.17, 15) is 0 Å².